The summed E-state index contributed by atoms with van der Waals surface area (Å²) in [6.45, 7) is 7.45. The smallest absolute Gasteiger partial charge is 0.190 e. The van der Waals surface area contributed by atoms with Crippen molar-refractivity contribution in [3.05, 3.63) is 5.82 Å². The molecule has 0 saturated heterocycles. The van der Waals surface area contributed by atoms with E-state index in [1.807, 2.05) is 18.5 Å². The first-order chi connectivity index (χ1) is 7.69. The summed E-state index contributed by atoms with van der Waals surface area (Å²) in [6.07, 6.45) is 2.40. The van der Waals surface area contributed by atoms with Gasteiger partial charge in [-0.05, 0) is 19.8 Å². The molecule has 5 heteroatoms. The zero-order valence-electron chi connectivity index (χ0n) is 10.7. The molecule has 0 saturated carbocycles. The van der Waals surface area contributed by atoms with Crippen molar-refractivity contribution in [2.24, 2.45) is 7.05 Å². The highest BCUT2D eigenvalue weighted by Crippen LogP contribution is 2.14. The van der Waals surface area contributed by atoms with Crippen LogP contribution >= 0.6 is 11.8 Å². The zero-order valence-corrected chi connectivity index (χ0v) is 11.5. The molecule has 0 spiro atoms. The van der Waals surface area contributed by atoms with Crippen molar-refractivity contribution in [2.75, 3.05) is 12.3 Å². The summed E-state index contributed by atoms with van der Waals surface area (Å²) in [5, 5.41) is 12.7. The van der Waals surface area contributed by atoms with Gasteiger partial charge < -0.3 is 9.88 Å². The van der Waals surface area contributed by atoms with Crippen LogP contribution in [-0.2, 0) is 7.05 Å². The minimum atomic E-state index is 0.654. The number of nitrogens with one attached hydrogen (secondary N) is 1. The fraction of sp³-hybridized carbons (Fsp3) is 0.818. The summed E-state index contributed by atoms with van der Waals surface area (Å²) in [6, 6.07) is 0.654. The molecule has 0 aliphatic heterocycles. The molecule has 0 atom stereocenters. The lowest BCUT2D eigenvalue weighted by atomic mass is 10.2. The molecule has 1 rings (SSSR count). The van der Waals surface area contributed by atoms with Gasteiger partial charge in [-0.3, -0.25) is 0 Å². The van der Waals surface area contributed by atoms with Crippen molar-refractivity contribution in [3.8, 4) is 0 Å². The lowest BCUT2D eigenvalue weighted by Crippen LogP contribution is -2.29. The van der Waals surface area contributed by atoms with Gasteiger partial charge in [0, 0.05) is 25.4 Å². The fourth-order valence-electron chi connectivity index (χ4n) is 1.50. The topological polar surface area (TPSA) is 42.7 Å². The van der Waals surface area contributed by atoms with Crippen molar-refractivity contribution in [2.45, 2.75) is 44.8 Å². The Balaban J connectivity index is 2.23. The second-order valence-corrected chi connectivity index (χ2v) is 4.97. The molecule has 92 valence electrons. The van der Waals surface area contributed by atoms with Gasteiger partial charge in [-0.25, -0.2) is 0 Å². The van der Waals surface area contributed by atoms with Gasteiger partial charge in [0.2, 0.25) is 0 Å². The van der Waals surface area contributed by atoms with E-state index < -0.39 is 0 Å². The molecule has 0 radical (unpaired) electrons. The van der Waals surface area contributed by atoms with E-state index in [-0.39, 0.29) is 0 Å². The maximum atomic E-state index is 4.12. The van der Waals surface area contributed by atoms with Crippen molar-refractivity contribution < 1.29 is 0 Å². The lowest BCUT2D eigenvalue weighted by molar-refractivity contribution is 0.501. The first-order valence-corrected chi connectivity index (χ1v) is 6.89. The number of rotatable bonds is 7. The minimum absolute atomic E-state index is 0.654. The Hall–Kier alpha value is -0.550. The van der Waals surface area contributed by atoms with Crippen LogP contribution in [0.2, 0.25) is 0 Å². The predicted molar refractivity (Wildman–Crippen MR) is 68.8 cm³/mol. The third-order valence-electron chi connectivity index (χ3n) is 2.80. The molecule has 0 unspecified atom stereocenters. The Labute approximate surface area is 102 Å². The molecule has 0 aromatic carbocycles. The summed E-state index contributed by atoms with van der Waals surface area (Å²) in [7, 11) is 2.01. The summed E-state index contributed by atoms with van der Waals surface area (Å²) in [5.74, 6) is 2.01. The molecule has 1 aromatic heterocycles. The maximum Gasteiger partial charge on any atom is 0.190 e. The third-order valence-corrected chi connectivity index (χ3v) is 3.83. The highest BCUT2D eigenvalue weighted by molar-refractivity contribution is 7.99. The zero-order chi connectivity index (χ0) is 12.0. The predicted octanol–water partition coefficient (Wildman–Crippen LogP) is 1.99. The molecular weight excluding hydrogens is 220 g/mol. The van der Waals surface area contributed by atoms with E-state index in [4.69, 9.17) is 0 Å². The standard InChI is InChI=1S/C11H22N4S/c1-5-10(6-2)12-7-8-16-11-14-13-9(3)15(11)4/h10,12H,5-8H2,1-4H3. The van der Waals surface area contributed by atoms with E-state index >= 15 is 0 Å². The van der Waals surface area contributed by atoms with Crippen molar-refractivity contribution in [1.29, 1.82) is 0 Å². The summed E-state index contributed by atoms with van der Waals surface area (Å²) < 4.78 is 2.03. The second-order valence-electron chi connectivity index (χ2n) is 3.90. The van der Waals surface area contributed by atoms with Crippen molar-refractivity contribution in [3.63, 3.8) is 0 Å². The van der Waals surface area contributed by atoms with Gasteiger partial charge >= 0.3 is 0 Å². The quantitative estimate of drug-likeness (QED) is 0.586. The van der Waals surface area contributed by atoms with Gasteiger partial charge in [0.1, 0.15) is 5.82 Å². The van der Waals surface area contributed by atoms with Crippen LogP contribution in [0.15, 0.2) is 5.16 Å². The Morgan fingerprint density at radius 2 is 2.00 bits per heavy atom. The van der Waals surface area contributed by atoms with Crippen LogP contribution in [0.3, 0.4) is 0 Å². The van der Waals surface area contributed by atoms with Gasteiger partial charge in [0.15, 0.2) is 5.16 Å². The van der Waals surface area contributed by atoms with E-state index in [2.05, 4.69) is 29.4 Å². The molecular formula is C11H22N4S. The average Bonchev–Trinajstić information content (AvgIpc) is 2.61. The van der Waals surface area contributed by atoms with Crippen LogP contribution in [0.1, 0.15) is 32.5 Å². The number of nitrogens with zero attached hydrogens (tertiary/aromatic N) is 3. The normalized spacial score (nSPS) is 11.3. The molecule has 0 amide bonds. The summed E-state index contributed by atoms with van der Waals surface area (Å²) >= 11 is 1.76. The summed E-state index contributed by atoms with van der Waals surface area (Å²) in [4.78, 5) is 0. The molecule has 1 N–H and O–H groups in total. The lowest BCUT2D eigenvalue weighted by Gasteiger charge is -2.13. The number of aryl methyl sites for hydroxylation is 1. The van der Waals surface area contributed by atoms with Crippen molar-refractivity contribution in [1.82, 2.24) is 20.1 Å². The SMILES string of the molecule is CCC(CC)NCCSc1nnc(C)n1C. The maximum absolute atomic E-state index is 4.12. The Morgan fingerprint density at radius 3 is 2.50 bits per heavy atom. The van der Waals surface area contributed by atoms with Gasteiger partial charge in [-0.1, -0.05) is 25.6 Å². The Bertz CT molecular complexity index is 307. The largest absolute Gasteiger partial charge is 0.313 e. The number of aromatic nitrogens is 3. The first-order valence-electron chi connectivity index (χ1n) is 5.91. The molecule has 0 bridgehead atoms. The number of hydrogen-bond acceptors (Lipinski definition) is 4. The molecule has 16 heavy (non-hydrogen) atoms. The molecule has 0 aliphatic carbocycles. The highest BCUT2D eigenvalue weighted by atomic mass is 32.2. The minimum Gasteiger partial charge on any atom is -0.313 e. The van der Waals surface area contributed by atoms with E-state index in [0.29, 0.717) is 6.04 Å². The summed E-state index contributed by atoms with van der Waals surface area (Å²) in [5.41, 5.74) is 0. The molecule has 0 fully saturated rings. The fourth-order valence-corrected chi connectivity index (χ4v) is 2.32. The number of thioether (sulfide) groups is 1. The van der Waals surface area contributed by atoms with Crippen LogP contribution in [0, 0.1) is 6.92 Å². The van der Waals surface area contributed by atoms with E-state index in [1.54, 1.807) is 11.8 Å². The van der Waals surface area contributed by atoms with Gasteiger partial charge in [-0.15, -0.1) is 10.2 Å². The molecule has 1 aromatic rings. The van der Waals surface area contributed by atoms with E-state index in [0.717, 1.165) is 23.3 Å². The van der Waals surface area contributed by atoms with Gasteiger partial charge in [-0.2, -0.15) is 0 Å². The van der Waals surface area contributed by atoms with Gasteiger partial charge in [0.05, 0.1) is 0 Å². The van der Waals surface area contributed by atoms with Crippen LogP contribution in [0.4, 0.5) is 0 Å². The third kappa shape index (κ3) is 3.79. The Kier molecular flexibility index (Phi) is 5.84. The van der Waals surface area contributed by atoms with E-state index in [9.17, 15) is 0 Å². The second kappa shape index (κ2) is 6.91. The Morgan fingerprint density at radius 1 is 1.31 bits per heavy atom. The first kappa shape index (κ1) is 13.5. The van der Waals surface area contributed by atoms with Crippen molar-refractivity contribution >= 4 is 11.8 Å². The molecule has 1 heterocycles. The highest BCUT2D eigenvalue weighted by Gasteiger charge is 2.05. The monoisotopic (exact) mass is 242 g/mol. The molecule has 4 nitrogen and oxygen atoms in total. The van der Waals surface area contributed by atoms with Crippen LogP contribution < -0.4 is 5.32 Å². The van der Waals surface area contributed by atoms with Crippen LogP contribution in [0.25, 0.3) is 0 Å². The van der Waals surface area contributed by atoms with Crippen LogP contribution in [-0.4, -0.2) is 33.1 Å². The number of hydrogen-bond donors (Lipinski definition) is 1. The van der Waals surface area contributed by atoms with Crippen LogP contribution in [0.5, 0.6) is 0 Å². The van der Waals surface area contributed by atoms with Gasteiger partial charge in [0.25, 0.3) is 0 Å². The molecule has 0 aliphatic rings. The average molecular weight is 242 g/mol. The van der Waals surface area contributed by atoms with E-state index in [1.165, 1.54) is 12.8 Å².